The van der Waals surface area contributed by atoms with Gasteiger partial charge in [0, 0.05) is 24.0 Å². The monoisotopic (exact) mass is 429 g/mol. The molecular weight excluding hydrogens is 403 g/mol. The van der Waals surface area contributed by atoms with Crippen molar-refractivity contribution in [1.29, 1.82) is 0 Å². The van der Waals surface area contributed by atoms with Gasteiger partial charge in [-0.2, -0.15) is 13.2 Å². The highest BCUT2D eigenvalue weighted by molar-refractivity contribution is 5.96. The third kappa shape index (κ3) is 5.21. The van der Waals surface area contributed by atoms with E-state index in [9.17, 15) is 18.0 Å². The Hall–Kier alpha value is -2.96. The Labute approximate surface area is 180 Å². The molecular formula is C24H26F3N3O. The summed E-state index contributed by atoms with van der Waals surface area (Å²) >= 11 is 0. The fourth-order valence-electron chi connectivity index (χ4n) is 4.27. The van der Waals surface area contributed by atoms with Gasteiger partial charge in [0.05, 0.1) is 11.7 Å². The van der Waals surface area contributed by atoms with Gasteiger partial charge in [-0.3, -0.25) is 9.69 Å². The minimum Gasteiger partial charge on any atom is -0.385 e. The number of nitrogens with zero attached hydrogens (tertiary/aromatic N) is 1. The number of anilines is 1. The Kier molecular flexibility index (Phi) is 6.20. The van der Waals surface area contributed by atoms with Crippen molar-refractivity contribution in [2.75, 3.05) is 11.9 Å². The first-order valence-electron chi connectivity index (χ1n) is 10.7. The molecule has 1 heterocycles. The van der Waals surface area contributed by atoms with Crippen LogP contribution in [0.2, 0.25) is 0 Å². The van der Waals surface area contributed by atoms with E-state index in [1.54, 1.807) is 36.4 Å². The lowest BCUT2D eigenvalue weighted by Crippen LogP contribution is -2.45. The van der Waals surface area contributed by atoms with Crippen molar-refractivity contribution < 1.29 is 18.0 Å². The fraction of sp³-hybridized carbons (Fsp3) is 0.375. The lowest BCUT2D eigenvalue weighted by atomic mass is 9.89. The van der Waals surface area contributed by atoms with Crippen molar-refractivity contribution in [3.05, 3.63) is 77.7 Å². The van der Waals surface area contributed by atoms with Crippen LogP contribution in [0.5, 0.6) is 0 Å². The van der Waals surface area contributed by atoms with E-state index in [0.29, 0.717) is 22.0 Å². The average molecular weight is 429 g/mol. The molecule has 1 fully saturated rings. The molecule has 1 saturated carbocycles. The van der Waals surface area contributed by atoms with Crippen LogP contribution in [-0.4, -0.2) is 29.7 Å². The van der Waals surface area contributed by atoms with E-state index in [1.807, 2.05) is 12.1 Å². The Balaban J connectivity index is 1.40. The van der Waals surface area contributed by atoms with Crippen molar-refractivity contribution in [2.24, 2.45) is 5.92 Å². The lowest BCUT2D eigenvalue weighted by molar-refractivity contribution is -0.232. The van der Waals surface area contributed by atoms with E-state index >= 15 is 0 Å². The first kappa shape index (κ1) is 21.3. The zero-order chi connectivity index (χ0) is 21.8. The molecule has 1 aromatic rings. The van der Waals surface area contributed by atoms with Gasteiger partial charge in [-0.25, -0.2) is 0 Å². The molecule has 1 unspecified atom stereocenters. The van der Waals surface area contributed by atoms with E-state index in [0.717, 1.165) is 18.4 Å². The summed E-state index contributed by atoms with van der Waals surface area (Å²) in [6.45, 7) is 0.919. The minimum absolute atomic E-state index is 0.105. The molecule has 164 valence electrons. The smallest absolute Gasteiger partial charge is 0.385 e. The number of rotatable bonds is 5. The molecule has 0 spiro atoms. The molecule has 0 aromatic heterocycles. The van der Waals surface area contributed by atoms with Crippen LogP contribution in [0.3, 0.4) is 0 Å². The number of amides is 1. The second kappa shape index (κ2) is 9.04. The molecule has 31 heavy (non-hydrogen) atoms. The number of benzene rings is 1. The molecule has 0 saturated heterocycles. The van der Waals surface area contributed by atoms with Crippen LogP contribution in [0.15, 0.2) is 72.1 Å². The summed E-state index contributed by atoms with van der Waals surface area (Å²) in [7, 11) is 0. The highest BCUT2D eigenvalue weighted by atomic mass is 19.4. The van der Waals surface area contributed by atoms with Crippen LogP contribution in [0, 0.1) is 5.92 Å². The highest BCUT2D eigenvalue weighted by Crippen LogP contribution is 2.33. The summed E-state index contributed by atoms with van der Waals surface area (Å²) in [4.78, 5) is 12.9. The van der Waals surface area contributed by atoms with Gasteiger partial charge < -0.3 is 10.6 Å². The average Bonchev–Trinajstić information content (AvgIpc) is 2.77. The van der Waals surface area contributed by atoms with E-state index in [1.165, 1.54) is 38.2 Å². The second-order valence-corrected chi connectivity index (χ2v) is 8.21. The zero-order valence-electron chi connectivity index (χ0n) is 17.2. The first-order chi connectivity index (χ1) is 14.9. The summed E-state index contributed by atoms with van der Waals surface area (Å²) in [5, 5.41) is 6.02. The Morgan fingerprint density at radius 3 is 2.52 bits per heavy atom. The number of hydrogen-bond acceptors (Lipinski definition) is 3. The number of carbonyl (C=O) groups excluding carboxylic acids is 1. The van der Waals surface area contributed by atoms with Gasteiger partial charge >= 0.3 is 6.30 Å². The van der Waals surface area contributed by atoms with Gasteiger partial charge in [0.25, 0.3) is 5.91 Å². The standard InChI is InChI=1S/C24H26F3N3O/c25-24(26,27)30-16-21(14-19-8-4-5-9-22(19)30)29-23(31)18-10-12-20(13-11-18)28-15-17-6-2-1-3-7-17/h4-5,8-14,16-17,22,28H,1-3,6-7,15H2,(H,29,31). The lowest BCUT2D eigenvalue weighted by Gasteiger charge is -2.35. The quantitative estimate of drug-likeness (QED) is 0.607. The molecule has 2 aliphatic carbocycles. The van der Waals surface area contributed by atoms with Crippen molar-refractivity contribution >= 4 is 11.6 Å². The molecule has 1 amide bonds. The summed E-state index contributed by atoms with van der Waals surface area (Å²) in [5.41, 5.74) is 1.90. The maximum Gasteiger partial charge on any atom is 0.485 e. The Bertz CT molecular complexity index is 922. The SMILES string of the molecule is O=C(NC1=CN(C(F)(F)F)C2C=CC=CC2=C1)c1ccc(NCC2CCCCC2)cc1. The molecule has 0 radical (unpaired) electrons. The van der Waals surface area contributed by atoms with Crippen molar-refractivity contribution in [3.63, 3.8) is 0 Å². The predicted octanol–water partition coefficient (Wildman–Crippen LogP) is 5.51. The molecule has 7 heteroatoms. The van der Waals surface area contributed by atoms with E-state index in [-0.39, 0.29) is 5.70 Å². The molecule has 0 bridgehead atoms. The number of carbonyl (C=O) groups is 1. The summed E-state index contributed by atoms with van der Waals surface area (Å²) in [5.74, 6) is 0.241. The third-order valence-corrected chi connectivity index (χ3v) is 5.95. The van der Waals surface area contributed by atoms with Crippen LogP contribution in [0.25, 0.3) is 0 Å². The van der Waals surface area contributed by atoms with Crippen molar-refractivity contribution in [1.82, 2.24) is 10.2 Å². The summed E-state index contributed by atoms with van der Waals surface area (Å²) in [6.07, 6.45) is 10.7. The molecule has 1 aromatic carbocycles. The Morgan fingerprint density at radius 1 is 1.06 bits per heavy atom. The zero-order valence-corrected chi connectivity index (χ0v) is 17.2. The molecule has 3 aliphatic rings. The summed E-state index contributed by atoms with van der Waals surface area (Å²) in [6, 6.07) is 6.11. The molecule has 4 nitrogen and oxygen atoms in total. The number of allylic oxidation sites excluding steroid dienone is 3. The van der Waals surface area contributed by atoms with Gasteiger partial charge in [-0.15, -0.1) is 0 Å². The van der Waals surface area contributed by atoms with Crippen LogP contribution in [-0.2, 0) is 0 Å². The largest absolute Gasteiger partial charge is 0.485 e. The van der Waals surface area contributed by atoms with Gasteiger partial charge in [0.2, 0.25) is 0 Å². The fourth-order valence-corrected chi connectivity index (χ4v) is 4.27. The maximum atomic E-state index is 13.5. The second-order valence-electron chi connectivity index (χ2n) is 8.21. The number of hydrogen-bond donors (Lipinski definition) is 2. The first-order valence-corrected chi connectivity index (χ1v) is 10.7. The van der Waals surface area contributed by atoms with Gasteiger partial charge in [0.1, 0.15) is 0 Å². The number of nitrogens with one attached hydrogen (secondary N) is 2. The normalized spacial score (nSPS) is 21.3. The van der Waals surface area contributed by atoms with Crippen molar-refractivity contribution in [3.8, 4) is 0 Å². The predicted molar refractivity (Wildman–Crippen MR) is 115 cm³/mol. The van der Waals surface area contributed by atoms with E-state index in [2.05, 4.69) is 10.6 Å². The third-order valence-electron chi connectivity index (χ3n) is 5.95. The molecule has 1 atom stereocenters. The van der Waals surface area contributed by atoms with Gasteiger partial charge in [-0.1, -0.05) is 43.6 Å². The van der Waals surface area contributed by atoms with E-state index in [4.69, 9.17) is 0 Å². The maximum absolute atomic E-state index is 13.5. The van der Waals surface area contributed by atoms with E-state index < -0.39 is 18.2 Å². The molecule has 1 aliphatic heterocycles. The van der Waals surface area contributed by atoms with Crippen LogP contribution >= 0.6 is 0 Å². The molecule has 2 N–H and O–H groups in total. The Morgan fingerprint density at radius 2 is 1.81 bits per heavy atom. The minimum atomic E-state index is -4.55. The highest BCUT2D eigenvalue weighted by Gasteiger charge is 2.42. The van der Waals surface area contributed by atoms with Crippen LogP contribution in [0.1, 0.15) is 42.5 Å². The number of alkyl halides is 3. The number of halogens is 3. The topological polar surface area (TPSA) is 44.4 Å². The van der Waals surface area contributed by atoms with Crippen LogP contribution in [0.4, 0.5) is 18.9 Å². The van der Waals surface area contributed by atoms with Gasteiger partial charge in [-0.05, 0) is 54.7 Å². The van der Waals surface area contributed by atoms with Crippen LogP contribution < -0.4 is 10.6 Å². The summed E-state index contributed by atoms with van der Waals surface area (Å²) < 4.78 is 40.4. The van der Waals surface area contributed by atoms with Gasteiger partial charge in [0.15, 0.2) is 0 Å². The number of fused-ring (bicyclic) bond motifs is 1. The van der Waals surface area contributed by atoms with Crippen molar-refractivity contribution in [2.45, 2.75) is 44.4 Å². The molecule has 4 rings (SSSR count).